The van der Waals surface area contributed by atoms with Crippen molar-refractivity contribution in [3.05, 3.63) is 58.9 Å². The van der Waals surface area contributed by atoms with Crippen LogP contribution >= 0.6 is 11.6 Å². The highest BCUT2D eigenvalue weighted by molar-refractivity contribution is 6.30. The maximum Gasteiger partial charge on any atom is 0.255 e. The van der Waals surface area contributed by atoms with Crippen LogP contribution in [-0.4, -0.2) is 47.8 Å². The minimum atomic E-state index is -0.0448. The van der Waals surface area contributed by atoms with Crippen LogP contribution in [0.3, 0.4) is 0 Å². The van der Waals surface area contributed by atoms with Gasteiger partial charge in [-0.25, -0.2) is 0 Å². The lowest BCUT2D eigenvalue weighted by molar-refractivity contribution is 0.0746. The molecule has 0 radical (unpaired) electrons. The zero-order valence-corrected chi connectivity index (χ0v) is 14.2. The van der Waals surface area contributed by atoms with Crippen LogP contribution in [0.15, 0.2) is 42.7 Å². The fraction of sp³-hybridized carbons (Fsp3) is 0.278. The lowest BCUT2D eigenvalue weighted by Crippen LogP contribution is -2.48. The summed E-state index contributed by atoms with van der Waals surface area (Å²) in [5.74, 6) is 0.0173. The number of nitrogens with zero attached hydrogens (tertiary/aromatic N) is 3. The van der Waals surface area contributed by atoms with Crippen molar-refractivity contribution >= 4 is 29.0 Å². The lowest BCUT2D eigenvalue weighted by Gasteiger charge is -2.36. The molecule has 1 aromatic heterocycles. The Morgan fingerprint density at radius 3 is 2.25 bits per heavy atom. The van der Waals surface area contributed by atoms with Crippen LogP contribution in [0.1, 0.15) is 27.6 Å². The Hall–Kier alpha value is -2.40. The fourth-order valence-corrected chi connectivity index (χ4v) is 2.96. The SMILES string of the molecule is CC(=O)c1ccc(N2CCN(C(=O)c3cncc(Cl)c3)CC2)cc1. The van der Waals surface area contributed by atoms with Gasteiger partial charge in [0, 0.05) is 49.8 Å². The number of carbonyl (C=O) groups is 2. The molecule has 5 nitrogen and oxygen atoms in total. The molecule has 6 heteroatoms. The smallest absolute Gasteiger partial charge is 0.255 e. The maximum atomic E-state index is 12.5. The van der Waals surface area contributed by atoms with E-state index < -0.39 is 0 Å². The number of hydrogen-bond donors (Lipinski definition) is 0. The van der Waals surface area contributed by atoms with Gasteiger partial charge in [0.2, 0.25) is 0 Å². The third-order valence-electron chi connectivity index (χ3n) is 4.16. The molecule has 0 spiro atoms. The van der Waals surface area contributed by atoms with Crippen molar-refractivity contribution in [3.63, 3.8) is 0 Å². The van der Waals surface area contributed by atoms with Gasteiger partial charge < -0.3 is 9.80 Å². The fourth-order valence-electron chi connectivity index (χ4n) is 2.79. The van der Waals surface area contributed by atoms with E-state index in [1.54, 1.807) is 19.2 Å². The summed E-state index contributed by atoms with van der Waals surface area (Å²) in [6.07, 6.45) is 3.06. The summed E-state index contributed by atoms with van der Waals surface area (Å²) < 4.78 is 0. The number of piperazine rings is 1. The van der Waals surface area contributed by atoms with Crippen molar-refractivity contribution in [3.8, 4) is 0 Å². The molecular formula is C18H18ClN3O2. The maximum absolute atomic E-state index is 12.5. The number of ketones is 1. The monoisotopic (exact) mass is 343 g/mol. The Morgan fingerprint density at radius 1 is 1.00 bits per heavy atom. The average molecular weight is 344 g/mol. The third kappa shape index (κ3) is 3.57. The zero-order chi connectivity index (χ0) is 17.1. The molecule has 2 aromatic rings. The molecule has 2 heterocycles. The van der Waals surface area contributed by atoms with Crippen LogP contribution in [-0.2, 0) is 0 Å². The number of rotatable bonds is 3. The number of amides is 1. The first-order chi connectivity index (χ1) is 11.5. The van der Waals surface area contributed by atoms with Gasteiger partial charge in [-0.05, 0) is 37.3 Å². The van der Waals surface area contributed by atoms with E-state index in [4.69, 9.17) is 11.6 Å². The molecule has 1 saturated heterocycles. The Labute approximate surface area is 145 Å². The van der Waals surface area contributed by atoms with E-state index in [0.29, 0.717) is 29.2 Å². The Morgan fingerprint density at radius 2 is 1.67 bits per heavy atom. The second-order valence-electron chi connectivity index (χ2n) is 5.77. The standard InChI is InChI=1S/C18H18ClN3O2/c1-13(23)14-2-4-17(5-3-14)21-6-8-22(9-7-21)18(24)15-10-16(19)12-20-11-15/h2-5,10-12H,6-9H2,1H3. The van der Waals surface area contributed by atoms with Crippen LogP contribution in [0, 0.1) is 0 Å². The van der Waals surface area contributed by atoms with Crippen molar-refractivity contribution in [1.29, 1.82) is 0 Å². The topological polar surface area (TPSA) is 53.5 Å². The highest BCUT2D eigenvalue weighted by atomic mass is 35.5. The molecule has 1 fully saturated rings. The molecule has 1 aliphatic heterocycles. The van der Waals surface area contributed by atoms with Crippen molar-refractivity contribution in [2.45, 2.75) is 6.92 Å². The molecule has 0 N–H and O–H groups in total. The summed E-state index contributed by atoms with van der Waals surface area (Å²) in [6.45, 7) is 4.34. The largest absolute Gasteiger partial charge is 0.368 e. The Bertz CT molecular complexity index is 753. The molecule has 1 aromatic carbocycles. The lowest BCUT2D eigenvalue weighted by atomic mass is 10.1. The number of aromatic nitrogens is 1. The molecule has 0 saturated carbocycles. The van der Waals surface area contributed by atoms with Gasteiger partial charge in [0.1, 0.15) is 0 Å². The van der Waals surface area contributed by atoms with Gasteiger partial charge in [-0.3, -0.25) is 14.6 Å². The molecular weight excluding hydrogens is 326 g/mol. The van der Waals surface area contributed by atoms with Gasteiger partial charge in [0.25, 0.3) is 5.91 Å². The molecule has 3 rings (SSSR count). The van der Waals surface area contributed by atoms with Crippen LogP contribution in [0.5, 0.6) is 0 Å². The van der Waals surface area contributed by atoms with Crippen LogP contribution in [0.4, 0.5) is 5.69 Å². The minimum Gasteiger partial charge on any atom is -0.368 e. The van der Waals surface area contributed by atoms with Gasteiger partial charge in [0.05, 0.1) is 10.6 Å². The van der Waals surface area contributed by atoms with Gasteiger partial charge in [0.15, 0.2) is 5.78 Å². The molecule has 0 atom stereocenters. The first kappa shape index (κ1) is 16.5. The molecule has 0 aliphatic carbocycles. The third-order valence-corrected chi connectivity index (χ3v) is 4.36. The number of carbonyl (C=O) groups excluding carboxylic acids is 2. The molecule has 24 heavy (non-hydrogen) atoms. The predicted octanol–water partition coefficient (Wildman–Crippen LogP) is 2.90. The molecule has 0 unspecified atom stereocenters. The zero-order valence-electron chi connectivity index (χ0n) is 13.4. The van der Waals surface area contributed by atoms with Crippen LogP contribution in [0.2, 0.25) is 5.02 Å². The molecule has 0 bridgehead atoms. The normalized spacial score (nSPS) is 14.6. The van der Waals surface area contributed by atoms with Gasteiger partial charge >= 0.3 is 0 Å². The van der Waals surface area contributed by atoms with E-state index in [0.717, 1.165) is 18.8 Å². The van der Waals surface area contributed by atoms with Gasteiger partial charge in [-0.1, -0.05) is 11.6 Å². The first-order valence-electron chi connectivity index (χ1n) is 7.80. The number of Topliss-reactive ketones (excluding diaryl/α,β-unsaturated/α-hetero) is 1. The highest BCUT2D eigenvalue weighted by Crippen LogP contribution is 2.19. The Balaban J connectivity index is 1.63. The quantitative estimate of drug-likeness (QED) is 0.804. The summed E-state index contributed by atoms with van der Waals surface area (Å²) >= 11 is 5.90. The van der Waals surface area contributed by atoms with E-state index in [9.17, 15) is 9.59 Å². The van der Waals surface area contributed by atoms with Crippen LogP contribution in [0.25, 0.3) is 0 Å². The van der Waals surface area contributed by atoms with E-state index in [-0.39, 0.29) is 11.7 Å². The Kier molecular flexibility index (Phi) is 4.81. The van der Waals surface area contributed by atoms with E-state index >= 15 is 0 Å². The average Bonchev–Trinajstić information content (AvgIpc) is 2.61. The van der Waals surface area contributed by atoms with E-state index in [1.807, 2.05) is 29.2 Å². The minimum absolute atomic E-state index is 0.0448. The van der Waals surface area contributed by atoms with Crippen molar-refractivity contribution in [1.82, 2.24) is 9.88 Å². The second-order valence-corrected chi connectivity index (χ2v) is 6.21. The second kappa shape index (κ2) is 7.01. The molecule has 124 valence electrons. The number of halogens is 1. The highest BCUT2D eigenvalue weighted by Gasteiger charge is 2.22. The summed E-state index contributed by atoms with van der Waals surface area (Å²) in [7, 11) is 0. The number of benzene rings is 1. The number of pyridine rings is 1. The van der Waals surface area contributed by atoms with E-state index in [2.05, 4.69) is 9.88 Å². The summed E-state index contributed by atoms with van der Waals surface area (Å²) in [6, 6.07) is 9.23. The number of hydrogen-bond acceptors (Lipinski definition) is 4. The van der Waals surface area contributed by atoms with Crippen LogP contribution < -0.4 is 4.90 Å². The number of anilines is 1. The van der Waals surface area contributed by atoms with Crippen molar-refractivity contribution < 1.29 is 9.59 Å². The summed E-state index contributed by atoms with van der Waals surface area (Å²) in [5, 5.41) is 0.463. The van der Waals surface area contributed by atoms with E-state index in [1.165, 1.54) is 6.20 Å². The summed E-state index contributed by atoms with van der Waals surface area (Å²) in [5.41, 5.74) is 2.29. The van der Waals surface area contributed by atoms with Crippen molar-refractivity contribution in [2.75, 3.05) is 31.1 Å². The molecule has 1 aliphatic rings. The first-order valence-corrected chi connectivity index (χ1v) is 8.18. The summed E-state index contributed by atoms with van der Waals surface area (Å²) in [4.78, 5) is 31.8. The predicted molar refractivity (Wildman–Crippen MR) is 93.8 cm³/mol. The van der Waals surface area contributed by atoms with Crippen molar-refractivity contribution in [2.24, 2.45) is 0 Å². The molecule has 1 amide bonds. The van der Waals surface area contributed by atoms with Gasteiger partial charge in [-0.15, -0.1) is 0 Å². The van der Waals surface area contributed by atoms with Gasteiger partial charge in [-0.2, -0.15) is 0 Å².